The highest BCUT2D eigenvalue weighted by Gasteiger charge is 2.23. The third kappa shape index (κ3) is 4.69. The molecule has 1 amide bonds. The largest absolute Gasteiger partial charge is 0.496 e. The number of aryl methyl sites for hydroxylation is 2. The number of hydrogen-bond donors (Lipinski definition) is 0. The molecule has 0 atom stereocenters. The van der Waals surface area contributed by atoms with Crippen LogP contribution in [0.1, 0.15) is 27.2 Å². The molecular weight excluding hydrogens is 502 g/mol. The van der Waals surface area contributed by atoms with Crippen LogP contribution in [0, 0.1) is 0 Å². The number of methoxy groups -OCH3 is 1. The third-order valence-electron chi connectivity index (χ3n) is 6.37. The van der Waals surface area contributed by atoms with Gasteiger partial charge in [0, 0.05) is 24.5 Å². The monoisotopic (exact) mass is 527 g/mol. The lowest BCUT2D eigenvalue weighted by molar-refractivity contribution is 0.0754. The molecule has 4 nitrogen and oxygen atoms in total. The first kappa shape index (κ1) is 23.2. The summed E-state index contributed by atoms with van der Waals surface area (Å²) in [6.45, 7) is 0.480. The molecule has 0 unspecified atom stereocenters. The average molecular weight is 528 g/mol. The van der Waals surface area contributed by atoms with Crippen molar-refractivity contribution in [3.8, 4) is 5.75 Å². The normalized spacial score (nSPS) is 11.2. The summed E-state index contributed by atoms with van der Waals surface area (Å²) in [4.78, 5) is 15.3. The highest BCUT2D eigenvalue weighted by atomic mass is 79.9. The predicted octanol–water partition coefficient (Wildman–Crippen LogP) is 7.41. The van der Waals surface area contributed by atoms with Crippen LogP contribution >= 0.6 is 15.9 Å². The summed E-state index contributed by atoms with van der Waals surface area (Å²) in [5, 5.41) is 3.16. The van der Waals surface area contributed by atoms with Gasteiger partial charge in [0.15, 0.2) is 5.76 Å². The molecule has 0 aliphatic rings. The number of rotatable bonds is 7. The molecular formula is C30H26BrNO3. The van der Waals surface area contributed by atoms with Gasteiger partial charge in [-0.25, -0.2) is 0 Å². The molecule has 1 heterocycles. The Labute approximate surface area is 213 Å². The SMILES string of the molecule is COc1ccc2cc(CN(C)C(=O)c3oc4ccccc4c3CCc3ccccc3)ccc2c1Br. The predicted molar refractivity (Wildman–Crippen MR) is 144 cm³/mol. The Morgan fingerprint density at radius 1 is 0.886 bits per heavy atom. The summed E-state index contributed by atoms with van der Waals surface area (Å²) >= 11 is 3.63. The van der Waals surface area contributed by atoms with E-state index in [0.29, 0.717) is 12.3 Å². The summed E-state index contributed by atoms with van der Waals surface area (Å²) in [6.07, 6.45) is 1.58. The summed E-state index contributed by atoms with van der Waals surface area (Å²) in [5.41, 5.74) is 4.00. The van der Waals surface area contributed by atoms with Gasteiger partial charge in [-0.15, -0.1) is 0 Å². The molecule has 1 aromatic heterocycles. The minimum atomic E-state index is -0.111. The smallest absolute Gasteiger partial charge is 0.289 e. The molecule has 0 saturated heterocycles. The number of carbonyl (C=O) groups excluding carboxylic acids is 1. The lowest BCUT2D eigenvalue weighted by Gasteiger charge is -2.17. The van der Waals surface area contributed by atoms with Gasteiger partial charge in [0.2, 0.25) is 0 Å². The molecule has 5 rings (SSSR count). The van der Waals surface area contributed by atoms with Crippen molar-refractivity contribution in [2.75, 3.05) is 14.2 Å². The van der Waals surface area contributed by atoms with Crippen LogP contribution in [0.4, 0.5) is 0 Å². The van der Waals surface area contributed by atoms with Crippen LogP contribution in [0.5, 0.6) is 5.75 Å². The zero-order chi connectivity index (χ0) is 24.4. The number of carbonyl (C=O) groups is 1. The quantitative estimate of drug-likeness (QED) is 0.221. The topological polar surface area (TPSA) is 42.7 Å². The maximum atomic E-state index is 13.6. The number of amides is 1. The van der Waals surface area contributed by atoms with Crippen molar-refractivity contribution < 1.29 is 13.9 Å². The first-order chi connectivity index (χ1) is 17.0. The van der Waals surface area contributed by atoms with Crippen molar-refractivity contribution >= 4 is 43.6 Å². The van der Waals surface area contributed by atoms with Crippen LogP contribution in [0.2, 0.25) is 0 Å². The number of hydrogen-bond acceptors (Lipinski definition) is 3. The Morgan fingerprint density at radius 2 is 1.66 bits per heavy atom. The number of furan rings is 1. The molecule has 0 bridgehead atoms. The van der Waals surface area contributed by atoms with Crippen molar-refractivity contribution in [3.05, 3.63) is 112 Å². The van der Waals surface area contributed by atoms with Crippen molar-refractivity contribution in [1.82, 2.24) is 4.90 Å². The molecule has 0 radical (unpaired) electrons. The molecule has 4 aromatic carbocycles. The van der Waals surface area contributed by atoms with Gasteiger partial charge in [-0.1, -0.05) is 66.7 Å². The van der Waals surface area contributed by atoms with E-state index in [1.54, 1.807) is 12.0 Å². The number of ether oxygens (including phenoxy) is 1. The molecule has 5 aromatic rings. The second kappa shape index (κ2) is 9.96. The highest BCUT2D eigenvalue weighted by molar-refractivity contribution is 9.10. The lowest BCUT2D eigenvalue weighted by atomic mass is 10.0. The van der Waals surface area contributed by atoms with Crippen LogP contribution in [0.15, 0.2) is 93.8 Å². The van der Waals surface area contributed by atoms with E-state index >= 15 is 0 Å². The van der Waals surface area contributed by atoms with Crippen molar-refractivity contribution in [2.45, 2.75) is 19.4 Å². The Morgan fingerprint density at radius 3 is 2.46 bits per heavy atom. The van der Waals surface area contributed by atoms with Gasteiger partial charge in [0.05, 0.1) is 11.6 Å². The molecule has 0 aliphatic carbocycles. The fourth-order valence-corrected chi connectivity index (χ4v) is 5.19. The van der Waals surface area contributed by atoms with E-state index in [9.17, 15) is 4.79 Å². The van der Waals surface area contributed by atoms with E-state index in [4.69, 9.17) is 9.15 Å². The average Bonchev–Trinajstić information content (AvgIpc) is 3.26. The zero-order valence-electron chi connectivity index (χ0n) is 19.8. The van der Waals surface area contributed by atoms with Crippen molar-refractivity contribution in [2.24, 2.45) is 0 Å². The molecule has 35 heavy (non-hydrogen) atoms. The van der Waals surface area contributed by atoms with E-state index in [0.717, 1.165) is 55.9 Å². The van der Waals surface area contributed by atoms with Gasteiger partial charge in [-0.05, 0) is 68.9 Å². The lowest BCUT2D eigenvalue weighted by Crippen LogP contribution is -2.26. The summed E-state index contributed by atoms with van der Waals surface area (Å²) < 4.78 is 12.4. The van der Waals surface area contributed by atoms with E-state index < -0.39 is 0 Å². The van der Waals surface area contributed by atoms with Crippen molar-refractivity contribution in [1.29, 1.82) is 0 Å². The highest BCUT2D eigenvalue weighted by Crippen LogP contribution is 2.34. The van der Waals surface area contributed by atoms with Crippen LogP contribution < -0.4 is 4.74 Å². The first-order valence-corrected chi connectivity index (χ1v) is 12.4. The maximum absolute atomic E-state index is 13.6. The van der Waals surface area contributed by atoms with Crippen LogP contribution in [0.25, 0.3) is 21.7 Å². The number of benzene rings is 4. The maximum Gasteiger partial charge on any atom is 0.289 e. The summed E-state index contributed by atoms with van der Waals surface area (Å²) in [5.74, 6) is 1.11. The standard InChI is InChI=1S/C30H26BrNO3/c1-32(19-21-13-15-23-22(18-21)14-17-27(34-2)28(23)31)30(33)29-25(16-12-20-8-4-3-5-9-20)24-10-6-7-11-26(24)35-29/h3-11,13-15,17-18H,12,16,19H2,1-2H3. The molecule has 0 N–H and O–H groups in total. The van der Waals surface area contributed by atoms with Crippen molar-refractivity contribution in [3.63, 3.8) is 0 Å². The Kier molecular flexibility index (Phi) is 6.60. The first-order valence-electron chi connectivity index (χ1n) is 11.6. The van der Waals surface area contributed by atoms with E-state index in [1.165, 1.54) is 5.56 Å². The van der Waals surface area contributed by atoms with Gasteiger partial charge in [-0.2, -0.15) is 0 Å². The minimum Gasteiger partial charge on any atom is -0.496 e. The fraction of sp³-hybridized carbons (Fsp3) is 0.167. The van der Waals surface area contributed by atoms with Crippen LogP contribution in [-0.2, 0) is 19.4 Å². The van der Waals surface area contributed by atoms with Gasteiger partial charge in [0.25, 0.3) is 5.91 Å². The second-order valence-electron chi connectivity index (χ2n) is 8.69. The zero-order valence-corrected chi connectivity index (χ0v) is 21.3. The van der Waals surface area contributed by atoms with Gasteiger partial charge >= 0.3 is 0 Å². The van der Waals surface area contributed by atoms with E-state index in [-0.39, 0.29) is 5.91 Å². The summed E-state index contributed by atoms with van der Waals surface area (Å²) in [7, 11) is 3.48. The van der Waals surface area contributed by atoms with Gasteiger partial charge in [-0.3, -0.25) is 4.79 Å². The Hall–Kier alpha value is -3.57. The number of fused-ring (bicyclic) bond motifs is 2. The number of halogens is 1. The molecule has 0 aliphatic heterocycles. The van der Waals surface area contributed by atoms with Gasteiger partial charge in [0.1, 0.15) is 11.3 Å². The van der Waals surface area contributed by atoms with Crippen LogP contribution in [0.3, 0.4) is 0 Å². The summed E-state index contributed by atoms with van der Waals surface area (Å²) in [6, 6.07) is 28.4. The number of nitrogens with zero attached hydrogens (tertiary/aromatic N) is 1. The van der Waals surface area contributed by atoms with Crippen LogP contribution in [-0.4, -0.2) is 25.0 Å². The molecule has 176 valence electrons. The molecule has 0 fully saturated rings. The van der Waals surface area contributed by atoms with E-state index in [2.05, 4.69) is 40.2 Å². The van der Waals surface area contributed by atoms with Gasteiger partial charge < -0.3 is 14.1 Å². The second-order valence-corrected chi connectivity index (χ2v) is 9.48. The molecule has 5 heteroatoms. The Bertz CT molecular complexity index is 1510. The molecule has 0 spiro atoms. The minimum absolute atomic E-state index is 0.111. The molecule has 0 saturated carbocycles. The number of para-hydroxylation sites is 1. The fourth-order valence-electron chi connectivity index (χ4n) is 4.53. The van der Waals surface area contributed by atoms with E-state index in [1.807, 2.05) is 67.7 Å². The third-order valence-corrected chi connectivity index (χ3v) is 7.19. The Balaban J connectivity index is 1.41.